The summed E-state index contributed by atoms with van der Waals surface area (Å²) in [6.07, 6.45) is 1.21. The molecule has 3 aromatic rings. The predicted molar refractivity (Wildman–Crippen MR) is 151 cm³/mol. The Balaban J connectivity index is 1.80. The second-order valence-electron chi connectivity index (χ2n) is 8.56. The fraction of sp³-hybridized carbons (Fsp3) is 0.286. The lowest BCUT2D eigenvalue weighted by Crippen LogP contribution is -2.51. The fourth-order valence-corrected chi connectivity index (χ4v) is 4.89. The van der Waals surface area contributed by atoms with Gasteiger partial charge in [0.25, 0.3) is 5.69 Å². The molecule has 2 amide bonds. The number of hydrogen-bond acceptors (Lipinski definition) is 5. The molecule has 0 aliphatic rings. The SMILES string of the molecule is CCCNC(=O)[C@H](Cc1ccccc1)N(Cc1ccc(Br)cc1)C(=O)CSCc1ccc([N+](=O)[O-])cc1. The van der Waals surface area contributed by atoms with Gasteiger partial charge in [-0.3, -0.25) is 19.7 Å². The average molecular weight is 585 g/mol. The molecule has 0 fully saturated rings. The zero-order valence-corrected chi connectivity index (χ0v) is 23.0. The minimum absolute atomic E-state index is 0.0346. The lowest BCUT2D eigenvalue weighted by atomic mass is 10.0. The van der Waals surface area contributed by atoms with E-state index in [0.717, 1.165) is 27.6 Å². The Morgan fingerprint density at radius 3 is 2.24 bits per heavy atom. The summed E-state index contributed by atoms with van der Waals surface area (Å²) in [5.74, 6) is 0.403. The zero-order valence-electron chi connectivity index (χ0n) is 20.6. The van der Waals surface area contributed by atoms with Gasteiger partial charge in [-0.25, -0.2) is 0 Å². The van der Waals surface area contributed by atoms with Gasteiger partial charge < -0.3 is 10.2 Å². The molecule has 0 aromatic heterocycles. The molecule has 0 aliphatic carbocycles. The third-order valence-electron chi connectivity index (χ3n) is 5.73. The summed E-state index contributed by atoms with van der Waals surface area (Å²) < 4.78 is 0.939. The Labute approximate surface area is 229 Å². The van der Waals surface area contributed by atoms with Crippen molar-refractivity contribution in [1.82, 2.24) is 10.2 Å². The van der Waals surface area contributed by atoms with E-state index < -0.39 is 11.0 Å². The van der Waals surface area contributed by atoms with Crippen LogP contribution in [0.15, 0.2) is 83.3 Å². The van der Waals surface area contributed by atoms with Crippen LogP contribution in [0.25, 0.3) is 0 Å². The van der Waals surface area contributed by atoms with Crippen molar-refractivity contribution in [2.75, 3.05) is 12.3 Å². The van der Waals surface area contributed by atoms with Crippen molar-refractivity contribution < 1.29 is 14.5 Å². The van der Waals surface area contributed by atoms with Crippen LogP contribution in [0.1, 0.15) is 30.0 Å². The van der Waals surface area contributed by atoms with Gasteiger partial charge in [0, 0.05) is 41.9 Å². The van der Waals surface area contributed by atoms with Crippen molar-refractivity contribution in [2.24, 2.45) is 0 Å². The quantitative estimate of drug-likeness (QED) is 0.204. The predicted octanol–water partition coefficient (Wildman–Crippen LogP) is 5.76. The van der Waals surface area contributed by atoms with Gasteiger partial charge >= 0.3 is 0 Å². The summed E-state index contributed by atoms with van der Waals surface area (Å²) >= 11 is 4.87. The maximum Gasteiger partial charge on any atom is 0.269 e. The summed E-state index contributed by atoms with van der Waals surface area (Å²) in [6, 6.07) is 23.1. The number of carbonyl (C=O) groups excluding carboxylic acids is 2. The van der Waals surface area contributed by atoms with Crippen molar-refractivity contribution in [3.05, 3.63) is 110 Å². The average Bonchev–Trinajstić information content (AvgIpc) is 2.91. The molecule has 0 aliphatic heterocycles. The van der Waals surface area contributed by atoms with Crippen molar-refractivity contribution >= 4 is 45.2 Å². The first-order valence-electron chi connectivity index (χ1n) is 12.0. The van der Waals surface area contributed by atoms with Gasteiger partial charge in [0.15, 0.2) is 0 Å². The van der Waals surface area contributed by atoms with Crippen LogP contribution < -0.4 is 5.32 Å². The number of amides is 2. The number of nitro groups is 1. The number of non-ortho nitro benzene ring substituents is 1. The van der Waals surface area contributed by atoms with E-state index in [1.54, 1.807) is 17.0 Å². The fourth-order valence-electron chi connectivity index (χ4n) is 3.76. The highest BCUT2D eigenvalue weighted by molar-refractivity contribution is 9.10. The van der Waals surface area contributed by atoms with E-state index in [1.165, 1.54) is 23.9 Å². The van der Waals surface area contributed by atoms with Gasteiger partial charge in [-0.15, -0.1) is 11.8 Å². The second-order valence-corrected chi connectivity index (χ2v) is 10.5. The molecule has 0 saturated carbocycles. The Hall–Kier alpha value is -3.17. The summed E-state index contributed by atoms with van der Waals surface area (Å²) in [5, 5.41) is 13.9. The number of benzene rings is 3. The molecule has 37 heavy (non-hydrogen) atoms. The summed E-state index contributed by atoms with van der Waals surface area (Å²) in [5.41, 5.74) is 2.83. The normalized spacial score (nSPS) is 11.5. The van der Waals surface area contributed by atoms with E-state index >= 15 is 0 Å². The Morgan fingerprint density at radius 1 is 0.973 bits per heavy atom. The number of carbonyl (C=O) groups is 2. The number of nitrogens with one attached hydrogen (secondary N) is 1. The van der Waals surface area contributed by atoms with Gasteiger partial charge in [-0.1, -0.05) is 77.5 Å². The molecule has 1 atom stereocenters. The molecule has 1 N–H and O–H groups in total. The molecule has 0 spiro atoms. The lowest BCUT2D eigenvalue weighted by Gasteiger charge is -2.31. The van der Waals surface area contributed by atoms with Gasteiger partial charge in [0.1, 0.15) is 6.04 Å². The van der Waals surface area contributed by atoms with Crippen molar-refractivity contribution in [2.45, 2.75) is 38.1 Å². The van der Waals surface area contributed by atoms with Crippen LogP contribution in [0, 0.1) is 10.1 Å². The molecular formula is C28H30BrN3O4S. The van der Waals surface area contributed by atoms with Gasteiger partial charge in [-0.2, -0.15) is 0 Å². The Kier molecular flexibility index (Phi) is 11.2. The van der Waals surface area contributed by atoms with E-state index in [4.69, 9.17) is 0 Å². The van der Waals surface area contributed by atoms with Crippen LogP contribution >= 0.6 is 27.7 Å². The smallest absolute Gasteiger partial charge is 0.269 e. The third kappa shape index (κ3) is 9.02. The first-order valence-corrected chi connectivity index (χ1v) is 14.0. The van der Waals surface area contributed by atoms with Gasteiger partial charge in [0.2, 0.25) is 11.8 Å². The number of rotatable bonds is 13. The molecule has 0 radical (unpaired) electrons. The molecule has 9 heteroatoms. The number of hydrogen-bond donors (Lipinski definition) is 1. The monoisotopic (exact) mass is 583 g/mol. The standard InChI is InChI=1S/C28H30BrN3O4S/c1-2-16-30-28(34)26(17-21-6-4-3-5-7-21)31(18-22-8-12-24(29)13-9-22)27(33)20-37-19-23-10-14-25(15-11-23)32(35)36/h3-15,26H,2,16-20H2,1H3,(H,30,34)/t26-/m0/s1. The van der Waals surface area contributed by atoms with E-state index in [9.17, 15) is 19.7 Å². The topological polar surface area (TPSA) is 92.6 Å². The maximum atomic E-state index is 13.6. The van der Waals surface area contributed by atoms with E-state index in [0.29, 0.717) is 25.3 Å². The van der Waals surface area contributed by atoms with Crippen LogP contribution in [-0.2, 0) is 28.3 Å². The molecule has 0 saturated heterocycles. The highest BCUT2D eigenvalue weighted by Gasteiger charge is 2.30. The molecule has 0 heterocycles. The van der Waals surface area contributed by atoms with Gasteiger partial charge in [-0.05, 0) is 35.2 Å². The van der Waals surface area contributed by atoms with Crippen molar-refractivity contribution in [3.63, 3.8) is 0 Å². The number of halogens is 1. The number of nitro benzene ring substituents is 1. The van der Waals surface area contributed by atoms with Crippen LogP contribution in [0.2, 0.25) is 0 Å². The first kappa shape index (κ1) is 28.4. The molecule has 7 nitrogen and oxygen atoms in total. The van der Waals surface area contributed by atoms with Crippen molar-refractivity contribution in [1.29, 1.82) is 0 Å². The number of nitrogens with zero attached hydrogens (tertiary/aromatic N) is 2. The molecule has 3 aromatic carbocycles. The van der Waals surface area contributed by atoms with Crippen LogP contribution in [-0.4, -0.2) is 40.0 Å². The van der Waals surface area contributed by atoms with Gasteiger partial charge in [0.05, 0.1) is 10.7 Å². The largest absolute Gasteiger partial charge is 0.354 e. The molecule has 0 bridgehead atoms. The summed E-state index contributed by atoms with van der Waals surface area (Å²) in [7, 11) is 0. The molecular weight excluding hydrogens is 554 g/mol. The van der Waals surface area contributed by atoms with E-state index in [1.807, 2.05) is 61.5 Å². The molecule has 194 valence electrons. The lowest BCUT2D eigenvalue weighted by molar-refractivity contribution is -0.384. The second kappa shape index (κ2) is 14.5. The molecule has 3 rings (SSSR count). The highest BCUT2D eigenvalue weighted by atomic mass is 79.9. The van der Waals surface area contributed by atoms with Crippen LogP contribution in [0.4, 0.5) is 5.69 Å². The van der Waals surface area contributed by atoms with E-state index in [2.05, 4.69) is 21.2 Å². The molecule has 0 unspecified atom stereocenters. The Morgan fingerprint density at radius 2 is 1.62 bits per heavy atom. The minimum Gasteiger partial charge on any atom is -0.354 e. The van der Waals surface area contributed by atoms with Crippen molar-refractivity contribution in [3.8, 4) is 0 Å². The number of thioether (sulfide) groups is 1. The third-order valence-corrected chi connectivity index (χ3v) is 7.25. The highest BCUT2D eigenvalue weighted by Crippen LogP contribution is 2.21. The van der Waals surface area contributed by atoms with Crippen LogP contribution in [0.3, 0.4) is 0 Å². The van der Waals surface area contributed by atoms with Crippen LogP contribution in [0.5, 0.6) is 0 Å². The summed E-state index contributed by atoms with van der Waals surface area (Å²) in [6.45, 7) is 2.84. The minimum atomic E-state index is -0.662. The Bertz CT molecular complexity index is 1170. The zero-order chi connectivity index (χ0) is 26.6. The summed E-state index contributed by atoms with van der Waals surface area (Å²) in [4.78, 5) is 39.0. The van der Waals surface area contributed by atoms with E-state index in [-0.39, 0.29) is 23.3 Å². The maximum absolute atomic E-state index is 13.6. The first-order chi connectivity index (χ1) is 17.9.